The molecule has 0 saturated carbocycles. The predicted octanol–water partition coefficient (Wildman–Crippen LogP) is 6.16. The molecule has 0 aromatic heterocycles. The molecule has 7 heteroatoms. The normalized spacial score (nSPS) is 11.4. The lowest BCUT2D eigenvalue weighted by Gasteiger charge is -2.04. The number of aliphatic imine (C=N–C) groups is 2. The molecule has 6 nitrogen and oxygen atoms in total. The van der Waals surface area contributed by atoms with E-state index >= 15 is 0 Å². The van der Waals surface area contributed by atoms with Gasteiger partial charge in [0.1, 0.15) is 0 Å². The minimum Gasteiger partial charge on any atom is -0.504 e. The summed E-state index contributed by atoms with van der Waals surface area (Å²) in [5, 5.41) is 38.8. The van der Waals surface area contributed by atoms with Crippen molar-refractivity contribution in [1.29, 1.82) is 0 Å². The third kappa shape index (κ3) is 5.53. The summed E-state index contributed by atoms with van der Waals surface area (Å²) in [6, 6.07) is 24.8. The number of hydrogen-bond acceptors (Lipinski definition) is 7. The van der Waals surface area contributed by atoms with Crippen LogP contribution in [0.2, 0.25) is 0 Å². The van der Waals surface area contributed by atoms with Crippen LogP contribution in [-0.2, 0) is 0 Å². The number of aromatic hydroxyl groups is 4. The number of phenolic OH excluding ortho intramolecular Hbond substituents is 4. The Balaban J connectivity index is 1.39. The van der Waals surface area contributed by atoms with Gasteiger partial charge in [-0.3, -0.25) is 9.98 Å². The van der Waals surface area contributed by atoms with E-state index in [1.54, 1.807) is 36.0 Å². The van der Waals surface area contributed by atoms with Crippen molar-refractivity contribution in [1.82, 2.24) is 0 Å². The maximum absolute atomic E-state index is 9.84. The average Bonchev–Trinajstić information content (AvgIpc) is 2.83. The first kappa shape index (κ1) is 22.0. The molecule has 0 radical (unpaired) electrons. The Bertz CT molecular complexity index is 1210. The summed E-state index contributed by atoms with van der Waals surface area (Å²) >= 11 is 1.59. The van der Waals surface area contributed by atoms with E-state index in [4.69, 9.17) is 0 Å². The zero-order chi connectivity index (χ0) is 23.2. The van der Waals surface area contributed by atoms with Crippen molar-refractivity contribution >= 4 is 35.6 Å². The molecule has 4 N–H and O–H groups in total. The van der Waals surface area contributed by atoms with Gasteiger partial charge in [-0.25, -0.2) is 0 Å². The fourth-order valence-electron chi connectivity index (χ4n) is 2.93. The minimum absolute atomic E-state index is 0.181. The molecule has 4 aromatic rings. The molecule has 164 valence electrons. The van der Waals surface area contributed by atoms with Crippen molar-refractivity contribution in [2.45, 2.75) is 9.79 Å². The van der Waals surface area contributed by atoms with E-state index in [1.165, 1.54) is 24.6 Å². The van der Waals surface area contributed by atoms with Crippen LogP contribution in [-0.4, -0.2) is 32.9 Å². The van der Waals surface area contributed by atoms with Gasteiger partial charge in [0.05, 0.1) is 11.4 Å². The first-order valence-corrected chi connectivity index (χ1v) is 10.8. The van der Waals surface area contributed by atoms with Gasteiger partial charge in [0.25, 0.3) is 0 Å². The molecule has 4 aromatic carbocycles. The Morgan fingerprint density at radius 2 is 0.909 bits per heavy atom. The molecule has 0 aliphatic heterocycles. The summed E-state index contributed by atoms with van der Waals surface area (Å²) in [7, 11) is 0. The Kier molecular flexibility index (Phi) is 6.61. The highest BCUT2D eigenvalue weighted by molar-refractivity contribution is 7.99. The van der Waals surface area contributed by atoms with Crippen molar-refractivity contribution in [3.63, 3.8) is 0 Å². The van der Waals surface area contributed by atoms with Gasteiger partial charge in [-0.2, -0.15) is 0 Å². The van der Waals surface area contributed by atoms with Gasteiger partial charge in [0.15, 0.2) is 23.0 Å². The Hall–Kier alpha value is -4.23. The second kappa shape index (κ2) is 9.93. The molecule has 0 fully saturated rings. The zero-order valence-corrected chi connectivity index (χ0v) is 18.1. The summed E-state index contributed by atoms with van der Waals surface area (Å²) in [6.45, 7) is 0. The van der Waals surface area contributed by atoms with E-state index in [0.717, 1.165) is 21.2 Å². The van der Waals surface area contributed by atoms with Crippen molar-refractivity contribution < 1.29 is 20.4 Å². The van der Waals surface area contributed by atoms with Gasteiger partial charge in [-0.1, -0.05) is 23.9 Å². The molecule has 0 spiro atoms. The lowest BCUT2D eigenvalue weighted by atomic mass is 10.2. The molecule has 0 unspecified atom stereocenters. The van der Waals surface area contributed by atoms with E-state index in [1.807, 2.05) is 48.5 Å². The lowest BCUT2D eigenvalue weighted by molar-refractivity contribution is 0.403. The Labute approximate surface area is 194 Å². The van der Waals surface area contributed by atoms with Crippen LogP contribution in [0.25, 0.3) is 0 Å². The Morgan fingerprint density at radius 3 is 1.30 bits per heavy atom. The molecule has 0 saturated heterocycles. The van der Waals surface area contributed by atoms with E-state index in [9.17, 15) is 20.4 Å². The van der Waals surface area contributed by atoms with Crippen LogP contribution in [0.15, 0.2) is 105 Å². The van der Waals surface area contributed by atoms with E-state index < -0.39 is 0 Å². The fraction of sp³-hybridized carbons (Fsp3) is 0. The minimum atomic E-state index is -0.195. The van der Waals surface area contributed by atoms with Gasteiger partial charge in [0, 0.05) is 33.3 Å². The number of benzene rings is 4. The standard InChI is InChI=1S/C26H20N2O4S/c29-23-5-1-3-17(25(23)31)15-27-19-7-11-21(12-8-19)33-22-13-9-20(10-14-22)28-16-18-4-2-6-24(30)26(18)32/h1-16,29-32H. The molecular weight excluding hydrogens is 436 g/mol. The monoisotopic (exact) mass is 456 g/mol. The highest BCUT2D eigenvalue weighted by Gasteiger charge is 2.04. The van der Waals surface area contributed by atoms with Gasteiger partial charge < -0.3 is 20.4 Å². The average molecular weight is 457 g/mol. The highest BCUT2D eigenvalue weighted by atomic mass is 32.2. The van der Waals surface area contributed by atoms with Crippen LogP contribution in [0.3, 0.4) is 0 Å². The summed E-state index contributed by atoms with van der Waals surface area (Å²) in [5.74, 6) is -0.750. The second-order valence-corrected chi connectivity index (χ2v) is 8.18. The molecular formula is C26H20N2O4S. The first-order valence-electron chi connectivity index (χ1n) is 9.97. The SMILES string of the molecule is Oc1cccc(C=Nc2ccc(Sc3ccc(N=Cc4cccc(O)c4O)cc3)cc2)c1O. The zero-order valence-electron chi connectivity index (χ0n) is 17.3. The highest BCUT2D eigenvalue weighted by Crippen LogP contribution is 2.32. The molecule has 0 bridgehead atoms. The van der Waals surface area contributed by atoms with E-state index in [-0.39, 0.29) is 23.0 Å². The van der Waals surface area contributed by atoms with Crippen LogP contribution in [0.1, 0.15) is 11.1 Å². The molecule has 0 atom stereocenters. The summed E-state index contributed by atoms with van der Waals surface area (Å²) < 4.78 is 0. The third-order valence-electron chi connectivity index (χ3n) is 4.71. The summed E-state index contributed by atoms with van der Waals surface area (Å²) in [5.41, 5.74) is 2.33. The van der Waals surface area contributed by atoms with Crippen LogP contribution >= 0.6 is 11.8 Å². The number of hydrogen-bond donors (Lipinski definition) is 4. The van der Waals surface area contributed by atoms with Crippen molar-refractivity contribution in [3.05, 3.63) is 96.1 Å². The van der Waals surface area contributed by atoms with Crippen molar-refractivity contribution in [2.75, 3.05) is 0 Å². The quantitative estimate of drug-likeness (QED) is 0.205. The third-order valence-corrected chi connectivity index (χ3v) is 5.72. The van der Waals surface area contributed by atoms with Crippen LogP contribution < -0.4 is 0 Å². The second-order valence-electron chi connectivity index (χ2n) is 7.04. The molecule has 0 amide bonds. The van der Waals surface area contributed by atoms with Gasteiger partial charge in [-0.05, 0) is 72.8 Å². The first-order chi connectivity index (χ1) is 16.0. The summed E-state index contributed by atoms with van der Waals surface area (Å²) in [4.78, 5) is 10.8. The number of phenols is 4. The van der Waals surface area contributed by atoms with Gasteiger partial charge >= 0.3 is 0 Å². The summed E-state index contributed by atoms with van der Waals surface area (Å²) in [6.07, 6.45) is 3.01. The topological polar surface area (TPSA) is 106 Å². The van der Waals surface area contributed by atoms with E-state index in [2.05, 4.69) is 9.98 Å². The largest absolute Gasteiger partial charge is 0.504 e. The van der Waals surface area contributed by atoms with Crippen LogP contribution in [0, 0.1) is 0 Å². The molecule has 33 heavy (non-hydrogen) atoms. The molecule has 0 heterocycles. The van der Waals surface area contributed by atoms with E-state index in [0.29, 0.717) is 11.1 Å². The smallest absolute Gasteiger partial charge is 0.166 e. The maximum atomic E-state index is 9.84. The van der Waals surface area contributed by atoms with Gasteiger partial charge in [-0.15, -0.1) is 0 Å². The fourth-order valence-corrected chi connectivity index (χ4v) is 3.75. The number of nitrogens with zero attached hydrogens (tertiary/aromatic N) is 2. The number of para-hydroxylation sites is 2. The maximum Gasteiger partial charge on any atom is 0.166 e. The van der Waals surface area contributed by atoms with Crippen molar-refractivity contribution in [3.8, 4) is 23.0 Å². The predicted molar refractivity (Wildman–Crippen MR) is 131 cm³/mol. The molecule has 0 aliphatic rings. The molecule has 4 rings (SSSR count). The van der Waals surface area contributed by atoms with Crippen LogP contribution in [0.4, 0.5) is 11.4 Å². The van der Waals surface area contributed by atoms with Crippen LogP contribution in [0.5, 0.6) is 23.0 Å². The molecule has 0 aliphatic carbocycles. The number of rotatable bonds is 6. The van der Waals surface area contributed by atoms with Gasteiger partial charge in [0.2, 0.25) is 0 Å². The Morgan fingerprint density at radius 1 is 0.515 bits per heavy atom. The van der Waals surface area contributed by atoms with Crippen molar-refractivity contribution in [2.24, 2.45) is 9.98 Å². The lowest BCUT2D eigenvalue weighted by Crippen LogP contribution is -1.82.